The summed E-state index contributed by atoms with van der Waals surface area (Å²) in [5.41, 5.74) is 7.20. The number of carbonyl (C=O) groups is 1. The van der Waals surface area contributed by atoms with E-state index < -0.39 is 0 Å². The van der Waals surface area contributed by atoms with Crippen LogP contribution in [0.15, 0.2) is 67.3 Å². The molecule has 0 spiro atoms. The van der Waals surface area contributed by atoms with Crippen molar-refractivity contribution in [2.45, 2.75) is 19.8 Å². The van der Waals surface area contributed by atoms with Crippen molar-refractivity contribution in [2.24, 2.45) is 7.05 Å². The molecule has 188 valence electrons. The van der Waals surface area contributed by atoms with Gasteiger partial charge in [0.25, 0.3) is 0 Å². The summed E-state index contributed by atoms with van der Waals surface area (Å²) < 4.78 is 15.2. The van der Waals surface area contributed by atoms with Crippen LogP contribution in [0.4, 0.5) is 10.1 Å². The first-order valence-electron chi connectivity index (χ1n) is 12.2. The lowest BCUT2D eigenvalue weighted by Gasteiger charge is -2.06. The van der Waals surface area contributed by atoms with E-state index in [9.17, 15) is 9.18 Å². The Bertz CT molecular complexity index is 1810. The summed E-state index contributed by atoms with van der Waals surface area (Å²) in [6, 6.07) is 11.9. The van der Waals surface area contributed by atoms with Gasteiger partial charge in [0.15, 0.2) is 11.5 Å². The Balaban J connectivity index is 1.43. The summed E-state index contributed by atoms with van der Waals surface area (Å²) in [4.78, 5) is 33.7. The van der Waals surface area contributed by atoms with Crippen LogP contribution < -0.4 is 5.32 Å². The van der Waals surface area contributed by atoms with Crippen LogP contribution in [0.3, 0.4) is 0 Å². The van der Waals surface area contributed by atoms with Crippen LogP contribution in [0.5, 0.6) is 0 Å². The van der Waals surface area contributed by atoms with E-state index in [1.165, 1.54) is 12.1 Å². The van der Waals surface area contributed by atoms with Crippen molar-refractivity contribution < 1.29 is 9.18 Å². The van der Waals surface area contributed by atoms with Crippen molar-refractivity contribution in [3.05, 3.63) is 73.1 Å². The number of pyridine rings is 3. The lowest BCUT2D eigenvalue weighted by atomic mass is 10.1. The maximum absolute atomic E-state index is 13.5. The number of benzene rings is 1. The molecule has 6 aromatic rings. The fourth-order valence-electron chi connectivity index (χ4n) is 4.44. The minimum absolute atomic E-state index is 0.0520. The second-order valence-corrected chi connectivity index (χ2v) is 8.97. The molecule has 0 saturated carbocycles. The molecule has 9 nitrogen and oxygen atoms in total. The third kappa shape index (κ3) is 4.26. The normalized spacial score (nSPS) is 11.3. The summed E-state index contributed by atoms with van der Waals surface area (Å²) in [6.45, 7) is 1.96. The molecule has 5 aromatic heterocycles. The molecule has 0 unspecified atom stereocenters. The summed E-state index contributed by atoms with van der Waals surface area (Å²) in [5.74, 6) is 0.191. The number of imidazole rings is 1. The number of rotatable bonds is 6. The minimum atomic E-state index is -0.303. The zero-order valence-electron chi connectivity index (χ0n) is 20.7. The molecule has 0 aliphatic carbocycles. The van der Waals surface area contributed by atoms with E-state index >= 15 is 0 Å². The van der Waals surface area contributed by atoms with Crippen molar-refractivity contribution in [1.29, 1.82) is 0 Å². The molecule has 0 aliphatic heterocycles. The summed E-state index contributed by atoms with van der Waals surface area (Å²) in [5, 5.41) is 7.58. The third-order valence-electron chi connectivity index (χ3n) is 6.27. The standard InChI is InChI=1S/C28H23FN8O/c1-3-4-24(38)32-19-11-17(12-30-13-19)21-9-10-23-26(33-21)27(36-37(23)2)28-34-22-15-31-14-20(25(22)35-28)16-5-7-18(29)8-6-16/h5-15H,3-4H2,1-2H3,(H,32,38)(H,34,35). The number of aromatic nitrogens is 7. The Hall–Kier alpha value is -4.99. The van der Waals surface area contributed by atoms with Crippen LogP contribution in [0, 0.1) is 5.82 Å². The van der Waals surface area contributed by atoms with Gasteiger partial charge in [0.1, 0.15) is 11.3 Å². The molecule has 0 aliphatic rings. The molecule has 10 heteroatoms. The van der Waals surface area contributed by atoms with Gasteiger partial charge in [0.05, 0.1) is 40.3 Å². The van der Waals surface area contributed by atoms with Gasteiger partial charge in [-0.3, -0.25) is 19.4 Å². The highest BCUT2D eigenvalue weighted by Gasteiger charge is 2.19. The molecule has 5 heterocycles. The summed E-state index contributed by atoms with van der Waals surface area (Å²) in [6.07, 6.45) is 7.96. The van der Waals surface area contributed by atoms with Gasteiger partial charge in [0, 0.05) is 37.0 Å². The smallest absolute Gasteiger partial charge is 0.224 e. The van der Waals surface area contributed by atoms with E-state index in [-0.39, 0.29) is 11.7 Å². The number of aromatic amines is 1. The third-order valence-corrected chi connectivity index (χ3v) is 6.27. The number of nitrogens with zero attached hydrogens (tertiary/aromatic N) is 6. The van der Waals surface area contributed by atoms with Gasteiger partial charge in [-0.1, -0.05) is 19.1 Å². The number of hydrogen-bond donors (Lipinski definition) is 2. The van der Waals surface area contributed by atoms with E-state index in [1.54, 1.807) is 41.6 Å². The van der Waals surface area contributed by atoms with Crippen LogP contribution in [0.1, 0.15) is 19.8 Å². The van der Waals surface area contributed by atoms with Crippen LogP contribution >= 0.6 is 0 Å². The molecule has 38 heavy (non-hydrogen) atoms. The molecule has 6 rings (SSSR count). The van der Waals surface area contributed by atoms with Gasteiger partial charge in [-0.25, -0.2) is 14.4 Å². The first-order chi connectivity index (χ1) is 18.5. The Morgan fingerprint density at radius 3 is 2.61 bits per heavy atom. The van der Waals surface area contributed by atoms with Crippen molar-refractivity contribution in [3.8, 4) is 33.9 Å². The molecular weight excluding hydrogens is 483 g/mol. The summed E-state index contributed by atoms with van der Waals surface area (Å²) >= 11 is 0. The highest BCUT2D eigenvalue weighted by atomic mass is 19.1. The zero-order chi connectivity index (χ0) is 26.2. The molecule has 1 aromatic carbocycles. The SMILES string of the molecule is CCCC(=O)Nc1cncc(-c2ccc3c(n2)c(-c2nc4c(-c5ccc(F)cc5)cncc4[nH]2)nn3C)c1. The lowest BCUT2D eigenvalue weighted by Crippen LogP contribution is -2.10. The highest BCUT2D eigenvalue weighted by Crippen LogP contribution is 2.32. The second kappa shape index (κ2) is 9.47. The number of amides is 1. The number of anilines is 1. The van der Waals surface area contributed by atoms with Gasteiger partial charge in [-0.05, 0) is 42.3 Å². The molecule has 2 N–H and O–H groups in total. The van der Waals surface area contributed by atoms with Crippen molar-refractivity contribution in [2.75, 3.05) is 5.32 Å². The van der Waals surface area contributed by atoms with Gasteiger partial charge >= 0.3 is 0 Å². The zero-order valence-corrected chi connectivity index (χ0v) is 20.7. The molecule has 0 bridgehead atoms. The lowest BCUT2D eigenvalue weighted by molar-refractivity contribution is -0.116. The Kier molecular flexibility index (Phi) is 5.83. The van der Waals surface area contributed by atoms with Crippen LogP contribution in [0.25, 0.3) is 56.0 Å². The van der Waals surface area contributed by atoms with Gasteiger partial charge in [-0.2, -0.15) is 5.10 Å². The Morgan fingerprint density at radius 2 is 1.79 bits per heavy atom. The number of aryl methyl sites for hydroxylation is 1. The first kappa shape index (κ1) is 23.4. The quantitative estimate of drug-likeness (QED) is 0.308. The largest absolute Gasteiger partial charge is 0.335 e. The van der Waals surface area contributed by atoms with Crippen LogP contribution in [0.2, 0.25) is 0 Å². The topological polar surface area (TPSA) is 114 Å². The molecule has 0 saturated heterocycles. The number of halogens is 1. The van der Waals surface area contributed by atoms with E-state index in [0.717, 1.165) is 34.1 Å². The maximum Gasteiger partial charge on any atom is 0.224 e. The van der Waals surface area contributed by atoms with Crippen molar-refractivity contribution in [3.63, 3.8) is 0 Å². The first-order valence-corrected chi connectivity index (χ1v) is 12.2. The van der Waals surface area contributed by atoms with Crippen molar-refractivity contribution >= 4 is 33.7 Å². The van der Waals surface area contributed by atoms with E-state index in [4.69, 9.17) is 15.1 Å². The average molecular weight is 507 g/mol. The molecule has 1 amide bonds. The van der Waals surface area contributed by atoms with E-state index in [2.05, 4.69) is 20.3 Å². The highest BCUT2D eigenvalue weighted by molar-refractivity contribution is 5.96. The Labute approximate surface area is 216 Å². The number of nitrogens with one attached hydrogen (secondary N) is 2. The van der Waals surface area contributed by atoms with Crippen molar-refractivity contribution in [1.82, 2.24) is 34.7 Å². The number of hydrogen-bond acceptors (Lipinski definition) is 6. The summed E-state index contributed by atoms with van der Waals surface area (Å²) in [7, 11) is 1.85. The van der Waals surface area contributed by atoms with Gasteiger partial charge in [-0.15, -0.1) is 0 Å². The average Bonchev–Trinajstić information content (AvgIpc) is 3.50. The molecule has 0 radical (unpaired) electrons. The maximum atomic E-state index is 13.5. The predicted octanol–water partition coefficient (Wildman–Crippen LogP) is 5.51. The monoisotopic (exact) mass is 506 g/mol. The second-order valence-electron chi connectivity index (χ2n) is 8.97. The minimum Gasteiger partial charge on any atom is -0.335 e. The Morgan fingerprint density at radius 1 is 0.974 bits per heavy atom. The fourth-order valence-corrected chi connectivity index (χ4v) is 4.44. The van der Waals surface area contributed by atoms with Crippen LogP contribution in [-0.4, -0.2) is 40.6 Å². The van der Waals surface area contributed by atoms with E-state index in [0.29, 0.717) is 40.4 Å². The predicted molar refractivity (Wildman–Crippen MR) is 144 cm³/mol. The van der Waals surface area contributed by atoms with E-state index in [1.807, 2.05) is 32.2 Å². The van der Waals surface area contributed by atoms with Crippen LogP contribution in [-0.2, 0) is 11.8 Å². The molecule has 0 atom stereocenters. The number of fused-ring (bicyclic) bond motifs is 2. The van der Waals surface area contributed by atoms with Gasteiger partial charge < -0.3 is 10.3 Å². The van der Waals surface area contributed by atoms with Gasteiger partial charge in [0.2, 0.25) is 5.91 Å². The number of H-pyrrole nitrogens is 1. The molecule has 0 fully saturated rings. The fraction of sp³-hybridized carbons (Fsp3) is 0.143. The molecular formula is C28H23FN8O. The number of carbonyl (C=O) groups excluding carboxylic acids is 1.